The molecule has 0 heterocycles. The van der Waals surface area contributed by atoms with Gasteiger partial charge in [0, 0.05) is 22.0 Å². The smallest absolute Gasteiger partial charge is 0.0465 e. The molecule has 0 aromatic heterocycles. The molecule has 0 aliphatic carbocycles. The average molecular weight is 301 g/mol. The molecule has 1 aromatic carbocycles. The summed E-state index contributed by atoms with van der Waals surface area (Å²) >= 11 is 9.62. The summed E-state index contributed by atoms with van der Waals surface area (Å²) in [6.07, 6.45) is 0.783. The van der Waals surface area contributed by atoms with Gasteiger partial charge in [0.25, 0.3) is 0 Å². The van der Waals surface area contributed by atoms with Crippen molar-refractivity contribution in [3.05, 3.63) is 33.3 Å². The minimum absolute atomic E-state index is 0.207. The summed E-state index contributed by atoms with van der Waals surface area (Å²) in [5.74, 6) is 6.01. The summed E-state index contributed by atoms with van der Waals surface area (Å²) in [6, 6.07) is 6.17. The van der Waals surface area contributed by atoms with Crippen molar-refractivity contribution in [3.8, 4) is 11.8 Å². The van der Waals surface area contributed by atoms with Crippen molar-refractivity contribution in [1.82, 2.24) is 5.32 Å². The van der Waals surface area contributed by atoms with E-state index in [-0.39, 0.29) is 6.04 Å². The molecule has 0 aliphatic rings. The van der Waals surface area contributed by atoms with Crippen LogP contribution >= 0.6 is 27.5 Å². The third-order valence-electron chi connectivity index (χ3n) is 2.27. The van der Waals surface area contributed by atoms with Gasteiger partial charge < -0.3 is 5.32 Å². The number of hydrogen-bond acceptors (Lipinski definition) is 1. The second-order valence-electron chi connectivity index (χ2n) is 3.41. The Morgan fingerprint density at radius 3 is 2.81 bits per heavy atom. The molecular formula is C13H15BrClN. The number of rotatable bonds is 4. The lowest BCUT2D eigenvalue weighted by Crippen LogP contribution is -2.20. The van der Waals surface area contributed by atoms with Crippen LogP contribution in [0.25, 0.3) is 0 Å². The molecule has 0 fully saturated rings. The highest BCUT2D eigenvalue weighted by Crippen LogP contribution is 2.27. The first kappa shape index (κ1) is 13.6. The summed E-state index contributed by atoms with van der Waals surface area (Å²) in [6.45, 7) is 4.84. The van der Waals surface area contributed by atoms with E-state index in [1.54, 1.807) is 0 Å². The number of benzene rings is 1. The lowest BCUT2D eigenvalue weighted by Gasteiger charge is -2.17. The molecule has 1 nitrogen and oxygen atoms in total. The maximum Gasteiger partial charge on any atom is 0.0465 e. The average Bonchev–Trinajstić information content (AvgIpc) is 2.25. The molecule has 1 atom stereocenters. The number of halogens is 2. The predicted molar refractivity (Wildman–Crippen MR) is 73.6 cm³/mol. The maximum absolute atomic E-state index is 6.22. The monoisotopic (exact) mass is 299 g/mol. The fourth-order valence-electron chi connectivity index (χ4n) is 1.53. The summed E-state index contributed by atoms with van der Waals surface area (Å²) in [4.78, 5) is 0. The number of nitrogens with one attached hydrogen (secondary N) is 1. The van der Waals surface area contributed by atoms with Crippen LogP contribution in [0.5, 0.6) is 0 Å². The predicted octanol–water partition coefficient (Wildman–Crippen LogP) is 4.17. The summed E-state index contributed by atoms with van der Waals surface area (Å²) in [7, 11) is 0. The molecule has 0 bridgehead atoms. The Balaban J connectivity index is 2.94. The van der Waals surface area contributed by atoms with Crippen LogP contribution in [0.1, 0.15) is 31.9 Å². The molecule has 86 valence electrons. The fraction of sp³-hybridized carbons (Fsp3) is 0.385. The zero-order chi connectivity index (χ0) is 12.0. The third kappa shape index (κ3) is 3.83. The Bertz CT molecular complexity index is 406. The summed E-state index contributed by atoms with van der Waals surface area (Å²) in [5, 5.41) is 4.17. The van der Waals surface area contributed by atoms with E-state index in [0.717, 1.165) is 28.0 Å². The van der Waals surface area contributed by atoms with E-state index in [2.05, 4.69) is 40.0 Å². The first-order valence-corrected chi connectivity index (χ1v) is 6.44. The van der Waals surface area contributed by atoms with Gasteiger partial charge in [-0.2, -0.15) is 0 Å². The number of hydrogen-bond donors (Lipinski definition) is 1. The molecule has 1 rings (SSSR count). The zero-order valence-corrected chi connectivity index (χ0v) is 11.8. The van der Waals surface area contributed by atoms with Gasteiger partial charge in [-0.25, -0.2) is 0 Å². The van der Waals surface area contributed by atoms with Crippen LogP contribution < -0.4 is 5.32 Å². The van der Waals surface area contributed by atoms with E-state index in [9.17, 15) is 0 Å². The second kappa shape index (κ2) is 6.96. The van der Waals surface area contributed by atoms with E-state index >= 15 is 0 Å². The van der Waals surface area contributed by atoms with Gasteiger partial charge in [0.2, 0.25) is 0 Å². The Kier molecular flexibility index (Phi) is 5.90. The van der Waals surface area contributed by atoms with Crippen molar-refractivity contribution in [2.75, 3.05) is 6.54 Å². The van der Waals surface area contributed by atoms with Crippen LogP contribution in [0, 0.1) is 11.8 Å². The van der Waals surface area contributed by atoms with Crippen molar-refractivity contribution in [2.24, 2.45) is 0 Å². The maximum atomic E-state index is 6.22. The van der Waals surface area contributed by atoms with Crippen LogP contribution in [0.3, 0.4) is 0 Å². The normalized spacial score (nSPS) is 11.8. The first-order chi connectivity index (χ1) is 7.69. The lowest BCUT2D eigenvalue weighted by atomic mass is 10.0. The van der Waals surface area contributed by atoms with Gasteiger partial charge in [-0.3, -0.25) is 0 Å². The minimum atomic E-state index is 0.207. The molecule has 0 amide bonds. The fourth-order valence-corrected chi connectivity index (χ4v) is 2.33. The van der Waals surface area contributed by atoms with E-state index in [1.807, 2.05) is 25.1 Å². The molecule has 0 saturated carbocycles. The molecule has 0 radical (unpaired) electrons. The molecule has 3 heteroatoms. The van der Waals surface area contributed by atoms with Gasteiger partial charge in [0.1, 0.15) is 0 Å². The Morgan fingerprint density at radius 2 is 2.25 bits per heavy atom. The second-order valence-corrected chi connectivity index (χ2v) is 4.73. The highest BCUT2D eigenvalue weighted by molar-refractivity contribution is 9.10. The zero-order valence-electron chi connectivity index (χ0n) is 9.48. The van der Waals surface area contributed by atoms with Crippen LogP contribution in [-0.2, 0) is 0 Å². The van der Waals surface area contributed by atoms with E-state index < -0.39 is 0 Å². The van der Waals surface area contributed by atoms with E-state index in [1.165, 1.54) is 0 Å². The van der Waals surface area contributed by atoms with Crippen LogP contribution in [0.4, 0.5) is 0 Å². The molecule has 0 spiro atoms. The topological polar surface area (TPSA) is 12.0 Å². The molecule has 0 aliphatic heterocycles. The minimum Gasteiger partial charge on any atom is -0.309 e. The first-order valence-electron chi connectivity index (χ1n) is 5.27. The van der Waals surface area contributed by atoms with E-state index in [4.69, 9.17) is 11.6 Å². The largest absolute Gasteiger partial charge is 0.309 e. The van der Waals surface area contributed by atoms with Gasteiger partial charge in [0.05, 0.1) is 0 Å². The van der Waals surface area contributed by atoms with Crippen LogP contribution in [0.15, 0.2) is 22.7 Å². The Labute approximate surface area is 111 Å². The van der Waals surface area contributed by atoms with Crippen molar-refractivity contribution >= 4 is 27.5 Å². The SMILES string of the molecule is CC#CCC(NCC)c1ccc(Br)cc1Cl. The highest BCUT2D eigenvalue weighted by Gasteiger charge is 2.12. The standard InChI is InChI=1S/C13H15BrClN/c1-3-5-6-13(16-4-2)11-8-7-10(14)9-12(11)15/h7-9,13,16H,4,6H2,1-2H3. The molecule has 1 unspecified atom stereocenters. The third-order valence-corrected chi connectivity index (χ3v) is 3.09. The molecule has 1 aromatic rings. The molecule has 1 N–H and O–H groups in total. The summed E-state index contributed by atoms with van der Waals surface area (Å²) < 4.78 is 0.998. The Morgan fingerprint density at radius 1 is 1.50 bits per heavy atom. The highest BCUT2D eigenvalue weighted by atomic mass is 79.9. The van der Waals surface area contributed by atoms with Gasteiger partial charge in [-0.05, 0) is 31.2 Å². The molecule has 16 heavy (non-hydrogen) atoms. The van der Waals surface area contributed by atoms with Crippen molar-refractivity contribution in [2.45, 2.75) is 26.3 Å². The lowest BCUT2D eigenvalue weighted by molar-refractivity contribution is 0.565. The van der Waals surface area contributed by atoms with Gasteiger partial charge in [0.15, 0.2) is 0 Å². The molecule has 0 saturated heterocycles. The Hall–Kier alpha value is -0.490. The molecular weight excluding hydrogens is 286 g/mol. The van der Waals surface area contributed by atoms with Crippen LogP contribution in [-0.4, -0.2) is 6.54 Å². The van der Waals surface area contributed by atoms with Gasteiger partial charge >= 0.3 is 0 Å². The van der Waals surface area contributed by atoms with Crippen molar-refractivity contribution in [1.29, 1.82) is 0 Å². The van der Waals surface area contributed by atoms with Gasteiger partial charge in [-0.15, -0.1) is 11.8 Å². The van der Waals surface area contributed by atoms with Crippen molar-refractivity contribution < 1.29 is 0 Å². The van der Waals surface area contributed by atoms with Crippen LogP contribution in [0.2, 0.25) is 5.02 Å². The van der Waals surface area contributed by atoms with E-state index in [0.29, 0.717) is 0 Å². The summed E-state index contributed by atoms with van der Waals surface area (Å²) in [5.41, 5.74) is 1.11. The van der Waals surface area contributed by atoms with Gasteiger partial charge in [-0.1, -0.05) is 40.5 Å². The quantitative estimate of drug-likeness (QED) is 0.823. The van der Waals surface area contributed by atoms with Crippen molar-refractivity contribution in [3.63, 3.8) is 0 Å².